The zero-order chi connectivity index (χ0) is 23.5. The molecule has 1 aliphatic heterocycles. The van der Waals surface area contributed by atoms with Crippen molar-refractivity contribution in [2.45, 2.75) is 32.1 Å². The zero-order valence-electron chi connectivity index (χ0n) is 19.1. The van der Waals surface area contributed by atoms with Crippen molar-refractivity contribution in [2.24, 2.45) is 5.73 Å². The van der Waals surface area contributed by atoms with Crippen LogP contribution >= 0.6 is 0 Å². The summed E-state index contributed by atoms with van der Waals surface area (Å²) in [5.74, 6) is 0.140. The molecule has 0 fully saturated rings. The summed E-state index contributed by atoms with van der Waals surface area (Å²) >= 11 is 0. The van der Waals surface area contributed by atoms with Gasteiger partial charge in [0.05, 0.1) is 32.3 Å². The summed E-state index contributed by atoms with van der Waals surface area (Å²) in [6.45, 7) is 1.94. The number of esters is 1. The Morgan fingerprint density at radius 3 is 2.45 bits per heavy atom. The summed E-state index contributed by atoms with van der Waals surface area (Å²) in [5, 5.41) is 0. The molecular formula is C26H28N2O5. The number of methoxy groups -OCH3 is 2. The lowest BCUT2D eigenvalue weighted by Crippen LogP contribution is -2.41. The van der Waals surface area contributed by atoms with E-state index in [1.165, 1.54) is 0 Å². The lowest BCUT2D eigenvalue weighted by molar-refractivity contribution is -0.138. The van der Waals surface area contributed by atoms with Gasteiger partial charge in [-0.25, -0.2) is 4.79 Å². The summed E-state index contributed by atoms with van der Waals surface area (Å²) in [7, 11) is 3.11. The third-order valence-electron chi connectivity index (χ3n) is 6.04. The molecule has 0 amide bonds. The van der Waals surface area contributed by atoms with Crippen LogP contribution in [0.5, 0.6) is 11.5 Å². The molecule has 7 nitrogen and oxygen atoms in total. The number of ketones is 1. The van der Waals surface area contributed by atoms with E-state index in [2.05, 4.69) is 0 Å². The Bertz CT molecular complexity index is 1140. The number of nitrogens with zero attached hydrogens (tertiary/aromatic N) is 1. The van der Waals surface area contributed by atoms with Gasteiger partial charge in [-0.1, -0.05) is 24.3 Å². The Morgan fingerprint density at radius 2 is 1.79 bits per heavy atom. The van der Waals surface area contributed by atoms with Gasteiger partial charge in [0.25, 0.3) is 0 Å². The van der Waals surface area contributed by atoms with Crippen molar-refractivity contribution in [1.82, 2.24) is 0 Å². The van der Waals surface area contributed by atoms with Crippen LogP contribution < -0.4 is 20.1 Å². The number of nitrogens with two attached hydrogens (primary N) is 1. The number of allylic oxidation sites excluding steroid dienone is 2. The maximum absolute atomic E-state index is 13.3. The standard InChI is InChI=1S/C26H28N2O5/c1-4-33-26(30)24-22(16-13-14-20(31-2)21(15-16)32-3)23-18(11-8-12-19(23)29)28(25(24)27)17-9-6-5-7-10-17/h5-7,9-10,13-15,22H,4,8,11-12,27H2,1-3H3/t22-/m1/s1. The number of benzene rings is 2. The van der Waals surface area contributed by atoms with Gasteiger partial charge < -0.3 is 19.9 Å². The minimum atomic E-state index is -0.661. The molecule has 0 unspecified atom stereocenters. The van der Waals surface area contributed by atoms with Crippen molar-refractivity contribution in [2.75, 3.05) is 25.7 Å². The Labute approximate surface area is 193 Å². The Balaban J connectivity index is 1.99. The second-order valence-corrected chi connectivity index (χ2v) is 7.87. The van der Waals surface area contributed by atoms with E-state index < -0.39 is 11.9 Å². The summed E-state index contributed by atoms with van der Waals surface area (Å²) in [5.41, 5.74) is 9.86. The first-order valence-electron chi connectivity index (χ1n) is 11.0. The number of anilines is 1. The van der Waals surface area contributed by atoms with Crippen molar-refractivity contribution in [3.05, 3.63) is 76.8 Å². The van der Waals surface area contributed by atoms with Gasteiger partial charge in [0.15, 0.2) is 17.3 Å². The maximum Gasteiger partial charge on any atom is 0.338 e. The molecule has 2 N–H and O–H groups in total. The van der Waals surface area contributed by atoms with Crippen molar-refractivity contribution < 1.29 is 23.8 Å². The number of carbonyl (C=O) groups is 2. The quantitative estimate of drug-likeness (QED) is 0.667. The molecule has 2 aromatic carbocycles. The minimum Gasteiger partial charge on any atom is -0.493 e. The number of rotatable bonds is 6. The van der Waals surface area contributed by atoms with Crippen LogP contribution in [0.25, 0.3) is 0 Å². The molecule has 0 aromatic heterocycles. The fourth-order valence-electron chi connectivity index (χ4n) is 4.63. The molecular weight excluding hydrogens is 420 g/mol. The van der Waals surface area contributed by atoms with Gasteiger partial charge in [0.1, 0.15) is 5.82 Å². The van der Waals surface area contributed by atoms with E-state index in [0.717, 1.165) is 17.8 Å². The maximum atomic E-state index is 13.3. The van der Waals surface area contributed by atoms with Crippen molar-refractivity contribution in [3.8, 4) is 11.5 Å². The number of carbonyl (C=O) groups excluding carboxylic acids is 2. The zero-order valence-corrected chi connectivity index (χ0v) is 19.1. The number of ether oxygens (including phenoxy) is 3. The fraction of sp³-hybridized carbons (Fsp3) is 0.308. The number of Topliss-reactive ketones (excluding diaryl/α,β-unsaturated/α-hetero) is 1. The lowest BCUT2D eigenvalue weighted by atomic mass is 9.75. The van der Waals surface area contributed by atoms with Gasteiger partial charge in [-0.3, -0.25) is 9.69 Å². The second-order valence-electron chi connectivity index (χ2n) is 7.87. The Kier molecular flexibility index (Phi) is 6.40. The van der Waals surface area contributed by atoms with Crippen molar-refractivity contribution >= 4 is 17.4 Å². The number of hydrogen-bond acceptors (Lipinski definition) is 7. The molecule has 1 atom stereocenters. The van der Waals surface area contributed by atoms with Gasteiger partial charge in [0, 0.05) is 23.4 Å². The first-order chi connectivity index (χ1) is 16.0. The molecule has 0 saturated carbocycles. The van der Waals surface area contributed by atoms with E-state index in [1.54, 1.807) is 33.3 Å². The molecule has 4 rings (SSSR count). The molecule has 33 heavy (non-hydrogen) atoms. The van der Waals surface area contributed by atoms with Gasteiger partial charge in [-0.2, -0.15) is 0 Å². The third kappa shape index (κ3) is 3.95. The van der Waals surface area contributed by atoms with Crippen molar-refractivity contribution in [3.63, 3.8) is 0 Å². The monoisotopic (exact) mass is 448 g/mol. The highest BCUT2D eigenvalue weighted by atomic mass is 16.5. The SMILES string of the molecule is CCOC(=O)C1=C(N)N(c2ccccc2)C2=C(C(=O)CCC2)[C@H]1c1ccc(OC)c(OC)c1. The highest BCUT2D eigenvalue weighted by Gasteiger charge is 2.43. The van der Waals surface area contributed by atoms with E-state index >= 15 is 0 Å². The Hall–Kier alpha value is -3.74. The topological polar surface area (TPSA) is 91.1 Å². The van der Waals surface area contributed by atoms with E-state index in [0.29, 0.717) is 35.5 Å². The number of hydrogen-bond donors (Lipinski definition) is 1. The number of para-hydroxylation sites is 1. The van der Waals surface area contributed by atoms with Crippen LogP contribution in [0, 0.1) is 0 Å². The average Bonchev–Trinajstić information content (AvgIpc) is 2.83. The largest absolute Gasteiger partial charge is 0.493 e. The molecule has 7 heteroatoms. The van der Waals surface area contributed by atoms with E-state index in [4.69, 9.17) is 19.9 Å². The summed E-state index contributed by atoms with van der Waals surface area (Å²) in [6.07, 6.45) is 1.82. The van der Waals surface area contributed by atoms with Crippen LogP contribution in [0.15, 0.2) is 71.2 Å². The summed E-state index contributed by atoms with van der Waals surface area (Å²) in [6, 6.07) is 14.9. The van der Waals surface area contributed by atoms with Crippen LogP contribution in [0.2, 0.25) is 0 Å². The lowest BCUT2D eigenvalue weighted by Gasteiger charge is -2.40. The van der Waals surface area contributed by atoms with Gasteiger partial charge in [0.2, 0.25) is 0 Å². The average molecular weight is 449 g/mol. The van der Waals surface area contributed by atoms with Crippen LogP contribution in [0.1, 0.15) is 37.7 Å². The summed E-state index contributed by atoms with van der Waals surface area (Å²) in [4.78, 5) is 28.4. The highest BCUT2D eigenvalue weighted by molar-refractivity contribution is 6.05. The smallest absolute Gasteiger partial charge is 0.338 e. The molecule has 1 aliphatic carbocycles. The fourth-order valence-corrected chi connectivity index (χ4v) is 4.63. The summed E-state index contributed by atoms with van der Waals surface area (Å²) < 4.78 is 16.3. The molecule has 0 spiro atoms. The van der Waals surface area contributed by atoms with Crippen molar-refractivity contribution in [1.29, 1.82) is 0 Å². The normalized spacial score (nSPS) is 18.2. The predicted molar refractivity (Wildman–Crippen MR) is 125 cm³/mol. The van der Waals surface area contributed by atoms with E-state index in [9.17, 15) is 9.59 Å². The van der Waals surface area contributed by atoms with E-state index in [-0.39, 0.29) is 23.8 Å². The third-order valence-corrected chi connectivity index (χ3v) is 6.04. The van der Waals surface area contributed by atoms with Gasteiger partial charge in [-0.15, -0.1) is 0 Å². The van der Waals surface area contributed by atoms with Crippen LogP contribution in [0.3, 0.4) is 0 Å². The molecule has 0 radical (unpaired) electrons. The van der Waals surface area contributed by atoms with Crippen LogP contribution in [-0.4, -0.2) is 32.6 Å². The van der Waals surface area contributed by atoms with E-state index in [1.807, 2.05) is 41.3 Å². The first-order valence-corrected chi connectivity index (χ1v) is 11.0. The van der Waals surface area contributed by atoms with Crippen LogP contribution in [0.4, 0.5) is 5.69 Å². The first kappa shape index (κ1) is 22.5. The highest BCUT2D eigenvalue weighted by Crippen LogP contribution is 2.47. The molecule has 2 aliphatic rings. The molecule has 1 heterocycles. The van der Waals surface area contributed by atoms with Crippen LogP contribution in [-0.2, 0) is 14.3 Å². The molecule has 172 valence electrons. The minimum absolute atomic E-state index is 0.00580. The second kappa shape index (κ2) is 9.40. The molecule has 0 bridgehead atoms. The molecule has 2 aromatic rings. The predicted octanol–water partition coefficient (Wildman–Crippen LogP) is 4.05. The van der Waals surface area contributed by atoms with Gasteiger partial charge >= 0.3 is 5.97 Å². The van der Waals surface area contributed by atoms with Gasteiger partial charge in [-0.05, 0) is 49.6 Å². The molecule has 0 saturated heterocycles. The Morgan fingerprint density at radius 1 is 1.06 bits per heavy atom.